The highest BCUT2D eigenvalue weighted by Gasteiger charge is 2.13. The topological polar surface area (TPSA) is 50.8 Å². The standard InChI is InChI=1S/C14H18ClN3O/c1-4-19-13-7-9(2)14(15)10(3)12(13)6-5-11-8-16-18-17-11/h7-8H,4-6H2,1-3H3,(H,16,17,18). The van der Waals surface area contributed by atoms with Crippen LogP contribution in [-0.2, 0) is 12.8 Å². The number of hydrogen-bond acceptors (Lipinski definition) is 3. The average molecular weight is 280 g/mol. The highest BCUT2D eigenvalue weighted by atomic mass is 35.5. The third-order valence-corrected chi connectivity index (χ3v) is 3.75. The summed E-state index contributed by atoms with van der Waals surface area (Å²) >= 11 is 6.33. The molecule has 1 aromatic carbocycles. The predicted molar refractivity (Wildman–Crippen MR) is 75.9 cm³/mol. The number of halogens is 1. The Morgan fingerprint density at radius 3 is 2.74 bits per heavy atom. The van der Waals surface area contributed by atoms with E-state index in [1.54, 1.807) is 6.20 Å². The summed E-state index contributed by atoms with van der Waals surface area (Å²) in [5, 5.41) is 11.3. The van der Waals surface area contributed by atoms with Crippen molar-refractivity contribution >= 4 is 11.6 Å². The van der Waals surface area contributed by atoms with Crippen LogP contribution in [0.25, 0.3) is 0 Å². The molecule has 0 atom stereocenters. The maximum Gasteiger partial charge on any atom is 0.123 e. The zero-order valence-corrected chi connectivity index (χ0v) is 12.2. The highest BCUT2D eigenvalue weighted by molar-refractivity contribution is 6.32. The fraction of sp³-hybridized carbons (Fsp3) is 0.429. The van der Waals surface area contributed by atoms with Crippen molar-refractivity contribution in [3.63, 3.8) is 0 Å². The number of nitrogens with one attached hydrogen (secondary N) is 1. The Morgan fingerprint density at radius 1 is 1.32 bits per heavy atom. The molecule has 0 aliphatic carbocycles. The van der Waals surface area contributed by atoms with Gasteiger partial charge < -0.3 is 4.74 Å². The minimum Gasteiger partial charge on any atom is -0.494 e. The first-order chi connectivity index (χ1) is 9.13. The van der Waals surface area contributed by atoms with Crippen molar-refractivity contribution in [3.8, 4) is 5.75 Å². The van der Waals surface area contributed by atoms with E-state index in [9.17, 15) is 0 Å². The normalized spacial score (nSPS) is 10.7. The van der Waals surface area contributed by atoms with Gasteiger partial charge in [-0.2, -0.15) is 15.4 Å². The molecular weight excluding hydrogens is 262 g/mol. The van der Waals surface area contributed by atoms with Gasteiger partial charge in [-0.25, -0.2) is 0 Å². The van der Waals surface area contributed by atoms with Crippen LogP contribution in [0.3, 0.4) is 0 Å². The van der Waals surface area contributed by atoms with E-state index >= 15 is 0 Å². The fourth-order valence-corrected chi connectivity index (χ4v) is 2.32. The van der Waals surface area contributed by atoms with Gasteiger partial charge in [-0.15, -0.1) is 0 Å². The summed E-state index contributed by atoms with van der Waals surface area (Å²) in [5.74, 6) is 0.922. The van der Waals surface area contributed by atoms with E-state index in [4.69, 9.17) is 16.3 Å². The molecule has 0 aliphatic rings. The van der Waals surface area contributed by atoms with E-state index in [1.807, 2.05) is 26.8 Å². The smallest absolute Gasteiger partial charge is 0.123 e. The molecule has 19 heavy (non-hydrogen) atoms. The van der Waals surface area contributed by atoms with E-state index in [1.165, 1.54) is 0 Å². The van der Waals surface area contributed by atoms with Crippen LogP contribution in [0.2, 0.25) is 5.02 Å². The number of rotatable bonds is 5. The molecule has 0 bridgehead atoms. The highest BCUT2D eigenvalue weighted by Crippen LogP contribution is 2.32. The van der Waals surface area contributed by atoms with Crippen molar-refractivity contribution in [2.45, 2.75) is 33.6 Å². The summed E-state index contributed by atoms with van der Waals surface area (Å²) in [6.07, 6.45) is 3.40. The first-order valence-corrected chi connectivity index (χ1v) is 6.77. The van der Waals surface area contributed by atoms with Crippen molar-refractivity contribution in [1.29, 1.82) is 0 Å². The second kappa shape index (κ2) is 6.06. The number of benzene rings is 1. The lowest BCUT2D eigenvalue weighted by Crippen LogP contribution is -2.03. The van der Waals surface area contributed by atoms with Crippen LogP contribution in [0, 0.1) is 13.8 Å². The molecule has 1 aromatic heterocycles. The van der Waals surface area contributed by atoms with Crippen molar-refractivity contribution in [1.82, 2.24) is 15.4 Å². The van der Waals surface area contributed by atoms with Gasteiger partial charge in [0.15, 0.2) is 0 Å². The average Bonchev–Trinajstić information content (AvgIpc) is 2.89. The summed E-state index contributed by atoms with van der Waals surface area (Å²) in [5.41, 5.74) is 4.24. The monoisotopic (exact) mass is 279 g/mol. The summed E-state index contributed by atoms with van der Waals surface area (Å²) in [6, 6.07) is 2.01. The summed E-state index contributed by atoms with van der Waals surface area (Å²) < 4.78 is 5.72. The number of H-pyrrole nitrogens is 1. The molecule has 0 fully saturated rings. The van der Waals surface area contributed by atoms with Gasteiger partial charge in [-0.1, -0.05) is 11.6 Å². The molecule has 102 valence electrons. The Morgan fingerprint density at radius 2 is 2.11 bits per heavy atom. The van der Waals surface area contributed by atoms with Crippen LogP contribution in [0.15, 0.2) is 12.3 Å². The first kappa shape index (κ1) is 13.9. The van der Waals surface area contributed by atoms with Crippen LogP contribution in [0.1, 0.15) is 29.3 Å². The van der Waals surface area contributed by atoms with Crippen molar-refractivity contribution < 1.29 is 4.74 Å². The lowest BCUT2D eigenvalue weighted by atomic mass is 9.99. The number of ether oxygens (including phenoxy) is 1. The van der Waals surface area contributed by atoms with Crippen molar-refractivity contribution in [3.05, 3.63) is 39.7 Å². The Labute approximate surface area is 118 Å². The summed E-state index contributed by atoms with van der Waals surface area (Å²) in [4.78, 5) is 0. The molecule has 0 amide bonds. The van der Waals surface area contributed by atoms with Gasteiger partial charge >= 0.3 is 0 Å². The molecule has 0 unspecified atom stereocenters. The van der Waals surface area contributed by atoms with Gasteiger partial charge in [0.25, 0.3) is 0 Å². The zero-order chi connectivity index (χ0) is 13.8. The molecule has 0 spiro atoms. The minimum absolute atomic E-state index is 0.650. The number of aromatic nitrogens is 3. The molecule has 4 nitrogen and oxygen atoms in total. The lowest BCUT2D eigenvalue weighted by Gasteiger charge is -2.15. The lowest BCUT2D eigenvalue weighted by molar-refractivity contribution is 0.336. The third-order valence-electron chi connectivity index (χ3n) is 3.17. The van der Waals surface area contributed by atoms with Crippen LogP contribution < -0.4 is 4.74 Å². The van der Waals surface area contributed by atoms with Crippen LogP contribution in [0.5, 0.6) is 5.75 Å². The van der Waals surface area contributed by atoms with Gasteiger partial charge in [0.1, 0.15) is 5.75 Å². The maximum atomic E-state index is 6.33. The molecule has 1 N–H and O–H groups in total. The number of aryl methyl sites for hydroxylation is 2. The zero-order valence-electron chi connectivity index (χ0n) is 11.5. The number of hydrogen-bond donors (Lipinski definition) is 1. The Balaban J connectivity index is 2.28. The van der Waals surface area contributed by atoms with E-state index in [0.29, 0.717) is 6.61 Å². The van der Waals surface area contributed by atoms with Gasteiger partial charge in [0, 0.05) is 5.02 Å². The Hall–Kier alpha value is -1.55. The quantitative estimate of drug-likeness (QED) is 0.914. The Kier molecular flexibility index (Phi) is 4.43. The molecule has 2 rings (SSSR count). The molecule has 0 radical (unpaired) electrons. The second-order valence-electron chi connectivity index (χ2n) is 4.50. The molecule has 0 aliphatic heterocycles. The number of aromatic amines is 1. The molecule has 0 saturated carbocycles. The first-order valence-electron chi connectivity index (χ1n) is 6.39. The molecule has 2 aromatic rings. The van der Waals surface area contributed by atoms with E-state index in [2.05, 4.69) is 15.4 Å². The maximum absolute atomic E-state index is 6.33. The molecule has 5 heteroatoms. The molecule has 0 saturated heterocycles. The molecular formula is C14H18ClN3O. The summed E-state index contributed by atoms with van der Waals surface area (Å²) in [7, 11) is 0. The summed E-state index contributed by atoms with van der Waals surface area (Å²) in [6.45, 7) is 6.67. The van der Waals surface area contributed by atoms with Gasteiger partial charge in [-0.3, -0.25) is 0 Å². The largest absolute Gasteiger partial charge is 0.494 e. The second-order valence-corrected chi connectivity index (χ2v) is 4.88. The molecule has 1 heterocycles. The van der Waals surface area contributed by atoms with E-state index < -0.39 is 0 Å². The van der Waals surface area contributed by atoms with Crippen LogP contribution in [0.4, 0.5) is 0 Å². The van der Waals surface area contributed by atoms with Gasteiger partial charge in [0.05, 0.1) is 18.5 Å². The van der Waals surface area contributed by atoms with Crippen molar-refractivity contribution in [2.24, 2.45) is 0 Å². The van der Waals surface area contributed by atoms with Crippen LogP contribution >= 0.6 is 11.6 Å². The van der Waals surface area contributed by atoms with Crippen molar-refractivity contribution in [2.75, 3.05) is 6.61 Å². The van der Waals surface area contributed by atoms with E-state index in [-0.39, 0.29) is 0 Å². The Bertz CT molecular complexity index is 552. The predicted octanol–water partition coefficient (Wildman–Crippen LogP) is 3.26. The van der Waals surface area contributed by atoms with Gasteiger partial charge in [0.2, 0.25) is 0 Å². The SMILES string of the molecule is CCOc1cc(C)c(Cl)c(C)c1CCc1cn[nH]n1. The van der Waals surface area contributed by atoms with E-state index in [0.717, 1.165) is 46.0 Å². The third kappa shape index (κ3) is 3.07. The fourth-order valence-electron chi connectivity index (χ4n) is 2.15. The van der Waals surface area contributed by atoms with Gasteiger partial charge in [-0.05, 0) is 56.4 Å². The van der Waals surface area contributed by atoms with Crippen LogP contribution in [-0.4, -0.2) is 22.0 Å². The number of nitrogens with zero attached hydrogens (tertiary/aromatic N) is 2. The minimum atomic E-state index is 0.650.